The van der Waals surface area contributed by atoms with E-state index in [0.717, 1.165) is 36.9 Å². The second-order valence-corrected chi connectivity index (χ2v) is 5.81. The third-order valence-corrected chi connectivity index (χ3v) is 3.31. The highest BCUT2D eigenvalue weighted by atomic mass is 19.2. The van der Waals surface area contributed by atoms with Crippen LogP contribution in [0.5, 0.6) is 5.75 Å². The van der Waals surface area contributed by atoms with Crippen LogP contribution in [0, 0.1) is 17.6 Å². The molecule has 0 saturated heterocycles. The van der Waals surface area contributed by atoms with E-state index in [4.69, 9.17) is 13.9 Å². The van der Waals surface area contributed by atoms with E-state index in [-0.39, 0.29) is 23.7 Å². The molecule has 25 heavy (non-hydrogen) atoms. The topological polar surface area (TPSA) is 65.7 Å². The monoisotopic (exact) mass is 352 g/mol. The minimum absolute atomic E-state index is 0.0799. The fourth-order valence-corrected chi connectivity index (χ4v) is 1.87. The fraction of sp³-hybridized carbons (Fsp3) is 0.333. The van der Waals surface area contributed by atoms with Gasteiger partial charge in [-0.1, -0.05) is 13.8 Å². The largest absolute Gasteiger partial charge is 0.487 e. The van der Waals surface area contributed by atoms with E-state index in [1.165, 1.54) is 0 Å². The van der Waals surface area contributed by atoms with Crippen LogP contribution < -0.4 is 10.2 Å². The van der Waals surface area contributed by atoms with Crippen molar-refractivity contribution in [3.8, 4) is 5.75 Å². The van der Waals surface area contributed by atoms with Gasteiger partial charge in [0.25, 0.3) is 0 Å². The summed E-state index contributed by atoms with van der Waals surface area (Å²) in [4.78, 5) is 23.7. The molecule has 134 valence electrons. The average Bonchev–Trinajstić information content (AvgIpc) is 2.56. The number of esters is 1. The zero-order valence-electron chi connectivity index (χ0n) is 13.9. The third-order valence-electron chi connectivity index (χ3n) is 3.31. The first-order valence-corrected chi connectivity index (χ1v) is 7.73. The number of rotatable bonds is 7. The van der Waals surface area contributed by atoms with Gasteiger partial charge in [0.1, 0.15) is 18.6 Å². The fourth-order valence-electron chi connectivity index (χ4n) is 1.87. The van der Waals surface area contributed by atoms with Crippen LogP contribution in [-0.4, -0.2) is 12.6 Å². The van der Waals surface area contributed by atoms with Gasteiger partial charge in [0.2, 0.25) is 11.2 Å². The second kappa shape index (κ2) is 8.41. The molecule has 0 amide bonds. The van der Waals surface area contributed by atoms with Gasteiger partial charge in [0.05, 0.1) is 12.2 Å². The molecule has 7 heteroatoms. The summed E-state index contributed by atoms with van der Waals surface area (Å²) in [6.45, 7) is 4.15. The quantitative estimate of drug-likeness (QED) is 0.711. The Balaban J connectivity index is 1.94. The molecule has 0 radical (unpaired) electrons. The average molecular weight is 352 g/mol. The standard InChI is InChI=1S/C18H18F2O5/c1-11(2)5-6-23-17-10-24-13(8-16(17)21)9-25-18(22)12-3-4-14(19)15(20)7-12/h3-4,7-8,10-11H,5-6,9H2,1-2H3. The smallest absolute Gasteiger partial charge is 0.338 e. The number of hydrogen-bond donors (Lipinski definition) is 0. The zero-order valence-corrected chi connectivity index (χ0v) is 13.9. The molecule has 0 aliphatic carbocycles. The predicted molar refractivity (Wildman–Crippen MR) is 85.4 cm³/mol. The van der Waals surface area contributed by atoms with Crippen LogP contribution in [0.1, 0.15) is 36.4 Å². The summed E-state index contributed by atoms with van der Waals surface area (Å²) in [6, 6.07) is 3.82. The van der Waals surface area contributed by atoms with Crippen molar-refractivity contribution in [2.45, 2.75) is 26.9 Å². The van der Waals surface area contributed by atoms with E-state index in [2.05, 4.69) is 0 Å². The lowest BCUT2D eigenvalue weighted by molar-refractivity contribution is 0.0442. The Hall–Kier alpha value is -2.70. The first-order valence-electron chi connectivity index (χ1n) is 7.73. The number of benzene rings is 1. The van der Waals surface area contributed by atoms with Crippen molar-refractivity contribution in [3.05, 3.63) is 63.7 Å². The number of hydrogen-bond acceptors (Lipinski definition) is 5. The summed E-state index contributed by atoms with van der Waals surface area (Å²) in [5, 5.41) is 0. The van der Waals surface area contributed by atoms with Crippen molar-refractivity contribution >= 4 is 5.97 Å². The summed E-state index contributed by atoms with van der Waals surface area (Å²) in [5.74, 6) is -2.44. The highest BCUT2D eigenvalue weighted by Crippen LogP contribution is 2.12. The van der Waals surface area contributed by atoms with Gasteiger partial charge in [0.15, 0.2) is 11.6 Å². The molecule has 1 aromatic heterocycles. The van der Waals surface area contributed by atoms with Crippen LogP contribution in [0.3, 0.4) is 0 Å². The third kappa shape index (κ3) is 5.41. The first kappa shape index (κ1) is 18.6. The van der Waals surface area contributed by atoms with Gasteiger partial charge in [-0.25, -0.2) is 13.6 Å². The number of carbonyl (C=O) groups excluding carboxylic acids is 1. The van der Waals surface area contributed by atoms with Crippen molar-refractivity contribution in [3.63, 3.8) is 0 Å². The van der Waals surface area contributed by atoms with Gasteiger partial charge in [-0.05, 0) is 30.5 Å². The van der Waals surface area contributed by atoms with E-state index in [1.54, 1.807) is 0 Å². The molecule has 0 atom stereocenters. The van der Waals surface area contributed by atoms with Gasteiger partial charge in [-0.2, -0.15) is 0 Å². The molecule has 1 aromatic carbocycles. The van der Waals surface area contributed by atoms with Crippen LogP contribution in [-0.2, 0) is 11.3 Å². The predicted octanol–water partition coefficient (Wildman–Crippen LogP) is 3.70. The van der Waals surface area contributed by atoms with Crippen LogP contribution >= 0.6 is 0 Å². The van der Waals surface area contributed by atoms with Crippen molar-refractivity contribution in [1.82, 2.24) is 0 Å². The van der Waals surface area contributed by atoms with Crippen molar-refractivity contribution in [2.24, 2.45) is 5.92 Å². The Kier molecular flexibility index (Phi) is 6.27. The Morgan fingerprint density at radius 2 is 1.96 bits per heavy atom. The van der Waals surface area contributed by atoms with Gasteiger partial charge in [-0.15, -0.1) is 0 Å². The van der Waals surface area contributed by atoms with E-state index in [0.29, 0.717) is 12.5 Å². The normalized spacial score (nSPS) is 10.8. The maximum Gasteiger partial charge on any atom is 0.338 e. The van der Waals surface area contributed by atoms with Gasteiger partial charge in [-0.3, -0.25) is 4.79 Å². The van der Waals surface area contributed by atoms with Crippen molar-refractivity contribution < 1.29 is 27.5 Å². The SMILES string of the molecule is CC(C)CCOc1coc(COC(=O)c2ccc(F)c(F)c2)cc1=O. The van der Waals surface area contributed by atoms with E-state index < -0.39 is 23.0 Å². The molecule has 0 aliphatic rings. The molecular weight excluding hydrogens is 334 g/mol. The zero-order chi connectivity index (χ0) is 18.4. The molecular formula is C18H18F2O5. The van der Waals surface area contributed by atoms with E-state index in [9.17, 15) is 18.4 Å². The summed E-state index contributed by atoms with van der Waals surface area (Å²) < 4.78 is 41.4. The highest BCUT2D eigenvalue weighted by molar-refractivity contribution is 5.89. The molecule has 0 aliphatic heterocycles. The molecule has 2 aromatic rings. The van der Waals surface area contributed by atoms with E-state index >= 15 is 0 Å². The summed E-state index contributed by atoms with van der Waals surface area (Å²) in [7, 11) is 0. The molecule has 0 spiro atoms. The van der Waals surface area contributed by atoms with Crippen LogP contribution in [0.25, 0.3) is 0 Å². The van der Waals surface area contributed by atoms with E-state index in [1.807, 2.05) is 13.8 Å². The molecule has 0 fully saturated rings. The summed E-state index contributed by atoms with van der Waals surface area (Å²) >= 11 is 0. The van der Waals surface area contributed by atoms with Gasteiger partial charge >= 0.3 is 5.97 Å². The maximum atomic E-state index is 13.1. The lowest BCUT2D eigenvalue weighted by Crippen LogP contribution is -2.11. The Labute approximate surface area is 143 Å². The molecule has 0 unspecified atom stereocenters. The maximum absolute atomic E-state index is 13.1. The summed E-state index contributed by atoms with van der Waals surface area (Å²) in [6.07, 6.45) is 1.95. The minimum atomic E-state index is -1.15. The molecule has 2 rings (SSSR count). The van der Waals surface area contributed by atoms with Crippen LogP contribution in [0.4, 0.5) is 8.78 Å². The summed E-state index contributed by atoms with van der Waals surface area (Å²) in [5.41, 5.74) is -0.538. The second-order valence-electron chi connectivity index (χ2n) is 5.81. The lowest BCUT2D eigenvalue weighted by atomic mass is 10.1. The Morgan fingerprint density at radius 1 is 1.20 bits per heavy atom. The minimum Gasteiger partial charge on any atom is -0.487 e. The highest BCUT2D eigenvalue weighted by Gasteiger charge is 2.12. The van der Waals surface area contributed by atoms with Gasteiger partial charge in [0, 0.05) is 6.07 Å². The van der Waals surface area contributed by atoms with Crippen molar-refractivity contribution in [1.29, 1.82) is 0 Å². The Bertz CT molecular complexity index is 798. The molecule has 5 nitrogen and oxygen atoms in total. The molecule has 0 bridgehead atoms. The van der Waals surface area contributed by atoms with Crippen LogP contribution in [0.2, 0.25) is 0 Å². The van der Waals surface area contributed by atoms with Gasteiger partial charge < -0.3 is 13.9 Å². The molecule has 0 saturated carbocycles. The lowest BCUT2D eigenvalue weighted by Gasteiger charge is -2.08. The number of carbonyl (C=O) groups is 1. The Morgan fingerprint density at radius 3 is 2.60 bits per heavy atom. The number of halogens is 2. The number of ether oxygens (including phenoxy) is 2. The molecule has 0 N–H and O–H groups in total. The first-order chi connectivity index (χ1) is 11.9. The molecule has 1 heterocycles. The van der Waals surface area contributed by atoms with Crippen LogP contribution in [0.15, 0.2) is 39.7 Å². The van der Waals surface area contributed by atoms with Crippen molar-refractivity contribution in [2.75, 3.05) is 6.61 Å².